The quantitative estimate of drug-likeness (QED) is 0.726. The molecule has 3 rings (SSSR count). The van der Waals surface area contributed by atoms with E-state index in [0.29, 0.717) is 11.7 Å². The largest absolute Gasteiger partial charge is 0.334 e. The SMILES string of the molecule is Brc1ccccc1-c1nc(-c2cccnc2)no1. The highest BCUT2D eigenvalue weighted by Crippen LogP contribution is 2.27. The summed E-state index contributed by atoms with van der Waals surface area (Å²) in [6, 6.07) is 11.4. The van der Waals surface area contributed by atoms with Crippen LogP contribution in [0.15, 0.2) is 57.8 Å². The summed E-state index contributed by atoms with van der Waals surface area (Å²) in [6.45, 7) is 0. The number of benzene rings is 1. The first-order valence-corrected chi connectivity index (χ1v) is 6.13. The molecule has 0 saturated heterocycles. The highest BCUT2D eigenvalue weighted by molar-refractivity contribution is 9.10. The third kappa shape index (κ3) is 2.04. The van der Waals surface area contributed by atoms with E-state index in [1.165, 1.54) is 0 Å². The number of halogens is 1. The van der Waals surface area contributed by atoms with Crippen molar-refractivity contribution in [1.82, 2.24) is 15.1 Å². The number of nitrogens with zero attached hydrogens (tertiary/aromatic N) is 3. The van der Waals surface area contributed by atoms with Gasteiger partial charge in [-0.1, -0.05) is 17.3 Å². The number of aromatic nitrogens is 3. The van der Waals surface area contributed by atoms with Gasteiger partial charge in [0.1, 0.15) is 0 Å². The molecule has 0 aliphatic heterocycles. The molecule has 0 aliphatic carbocycles. The van der Waals surface area contributed by atoms with Crippen molar-refractivity contribution in [2.45, 2.75) is 0 Å². The van der Waals surface area contributed by atoms with Gasteiger partial charge in [0.05, 0.1) is 5.56 Å². The Morgan fingerprint density at radius 3 is 2.72 bits per heavy atom. The molecule has 0 fully saturated rings. The van der Waals surface area contributed by atoms with Crippen molar-refractivity contribution in [2.75, 3.05) is 0 Å². The van der Waals surface area contributed by atoms with Crippen LogP contribution >= 0.6 is 15.9 Å². The molecule has 1 aromatic carbocycles. The molecule has 4 nitrogen and oxygen atoms in total. The van der Waals surface area contributed by atoms with Crippen molar-refractivity contribution in [3.05, 3.63) is 53.3 Å². The molecule has 0 atom stereocenters. The molecule has 0 radical (unpaired) electrons. The third-order valence-corrected chi connectivity index (χ3v) is 3.14. The van der Waals surface area contributed by atoms with Crippen molar-refractivity contribution in [3.8, 4) is 22.8 Å². The Labute approximate surface area is 112 Å². The van der Waals surface area contributed by atoms with E-state index in [-0.39, 0.29) is 0 Å². The molecular formula is C13H8BrN3O. The molecule has 5 heteroatoms. The van der Waals surface area contributed by atoms with E-state index in [1.54, 1.807) is 12.4 Å². The second-order valence-electron chi connectivity index (χ2n) is 3.64. The fourth-order valence-corrected chi connectivity index (χ4v) is 2.03. The molecule has 0 spiro atoms. The van der Waals surface area contributed by atoms with Gasteiger partial charge in [-0.25, -0.2) is 0 Å². The Balaban J connectivity index is 2.03. The number of hydrogen-bond donors (Lipinski definition) is 0. The Morgan fingerprint density at radius 2 is 1.94 bits per heavy atom. The van der Waals surface area contributed by atoms with Crippen LogP contribution in [0.25, 0.3) is 22.8 Å². The maximum atomic E-state index is 5.27. The first-order valence-electron chi connectivity index (χ1n) is 5.33. The van der Waals surface area contributed by atoms with Crippen LogP contribution < -0.4 is 0 Å². The van der Waals surface area contributed by atoms with Gasteiger partial charge in [-0.05, 0) is 40.2 Å². The summed E-state index contributed by atoms with van der Waals surface area (Å²) in [4.78, 5) is 8.39. The van der Waals surface area contributed by atoms with Crippen LogP contribution in [-0.2, 0) is 0 Å². The summed E-state index contributed by atoms with van der Waals surface area (Å²) in [5.74, 6) is 1.02. The summed E-state index contributed by atoms with van der Waals surface area (Å²) >= 11 is 3.46. The minimum atomic E-state index is 0.487. The van der Waals surface area contributed by atoms with Crippen LogP contribution in [-0.4, -0.2) is 15.1 Å². The van der Waals surface area contributed by atoms with Gasteiger partial charge in [0.2, 0.25) is 5.82 Å². The predicted octanol–water partition coefficient (Wildman–Crippen LogP) is 3.56. The monoisotopic (exact) mass is 301 g/mol. The molecule has 18 heavy (non-hydrogen) atoms. The van der Waals surface area contributed by atoms with Gasteiger partial charge in [-0.15, -0.1) is 0 Å². The minimum absolute atomic E-state index is 0.487. The molecule has 88 valence electrons. The molecule has 2 heterocycles. The molecule has 0 amide bonds. The van der Waals surface area contributed by atoms with E-state index in [0.717, 1.165) is 15.6 Å². The standard InChI is InChI=1S/C13H8BrN3O/c14-11-6-2-1-5-10(11)13-16-12(17-18-13)9-4-3-7-15-8-9/h1-8H. The van der Waals surface area contributed by atoms with E-state index in [2.05, 4.69) is 31.1 Å². The predicted molar refractivity (Wildman–Crippen MR) is 70.7 cm³/mol. The first kappa shape index (κ1) is 11.1. The Bertz CT molecular complexity index is 667. The molecule has 0 unspecified atom stereocenters. The van der Waals surface area contributed by atoms with Gasteiger partial charge in [-0.2, -0.15) is 4.98 Å². The highest BCUT2D eigenvalue weighted by Gasteiger charge is 2.12. The van der Waals surface area contributed by atoms with Crippen molar-refractivity contribution in [1.29, 1.82) is 0 Å². The summed E-state index contributed by atoms with van der Waals surface area (Å²) < 4.78 is 6.19. The van der Waals surface area contributed by atoms with E-state index in [4.69, 9.17) is 4.52 Å². The maximum absolute atomic E-state index is 5.27. The molecule has 2 aromatic heterocycles. The summed E-state index contributed by atoms with van der Waals surface area (Å²) in [5.41, 5.74) is 1.71. The number of pyridine rings is 1. The first-order chi connectivity index (χ1) is 8.84. The molecule has 0 N–H and O–H groups in total. The van der Waals surface area contributed by atoms with Crippen molar-refractivity contribution < 1.29 is 4.52 Å². The van der Waals surface area contributed by atoms with Gasteiger partial charge in [0.25, 0.3) is 5.89 Å². The summed E-state index contributed by atoms with van der Waals surface area (Å²) in [5, 5.41) is 3.96. The fraction of sp³-hybridized carbons (Fsp3) is 0. The Hall–Kier alpha value is -2.01. The number of rotatable bonds is 2. The van der Waals surface area contributed by atoms with E-state index >= 15 is 0 Å². The Morgan fingerprint density at radius 1 is 1.06 bits per heavy atom. The zero-order valence-electron chi connectivity index (χ0n) is 9.25. The smallest absolute Gasteiger partial charge is 0.259 e. The van der Waals surface area contributed by atoms with Crippen LogP contribution in [0, 0.1) is 0 Å². The topological polar surface area (TPSA) is 51.8 Å². The van der Waals surface area contributed by atoms with Gasteiger partial charge in [0, 0.05) is 22.4 Å². The third-order valence-electron chi connectivity index (χ3n) is 2.45. The highest BCUT2D eigenvalue weighted by atomic mass is 79.9. The second kappa shape index (κ2) is 4.70. The van der Waals surface area contributed by atoms with Crippen molar-refractivity contribution in [2.24, 2.45) is 0 Å². The van der Waals surface area contributed by atoms with Gasteiger partial charge in [0.15, 0.2) is 0 Å². The van der Waals surface area contributed by atoms with E-state index < -0.39 is 0 Å². The zero-order valence-corrected chi connectivity index (χ0v) is 10.8. The van der Waals surface area contributed by atoms with Crippen molar-refractivity contribution in [3.63, 3.8) is 0 Å². The lowest BCUT2D eigenvalue weighted by Gasteiger charge is -1.96. The molecule has 0 saturated carbocycles. The zero-order chi connectivity index (χ0) is 12.4. The lowest BCUT2D eigenvalue weighted by Crippen LogP contribution is -1.82. The van der Waals surface area contributed by atoms with Crippen LogP contribution in [0.4, 0.5) is 0 Å². The summed E-state index contributed by atoms with van der Waals surface area (Å²) in [7, 11) is 0. The molecule has 3 aromatic rings. The fourth-order valence-electron chi connectivity index (χ4n) is 1.58. The van der Waals surface area contributed by atoms with Crippen molar-refractivity contribution >= 4 is 15.9 Å². The van der Waals surface area contributed by atoms with Gasteiger partial charge in [-0.3, -0.25) is 4.98 Å². The summed E-state index contributed by atoms with van der Waals surface area (Å²) in [6.07, 6.45) is 3.41. The molecular weight excluding hydrogens is 294 g/mol. The number of hydrogen-bond acceptors (Lipinski definition) is 4. The van der Waals surface area contributed by atoms with E-state index in [9.17, 15) is 0 Å². The normalized spacial score (nSPS) is 10.5. The van der Waals surface area contributed by atoms with Gasteiger partial charge >= 0.3 is 0 Å². The lowest BCUT2D eigenvalue weighted by molar-refractivity contribution is 0.432. The average Bonchev–Trinajstić information content (AvgIpc) is 2.90. The van der Waals surface area contributed by atoms with E-state index in [1.807, 2.05) is 36.4 Å². The van der Waals surface area contributed by atoms with Crippen LogP contribution in [0.5, 0.6) is 0 Å². The second-order valence-corrected chi connectivity index (χ2v) is 4.50. The lowest BCUT2D eigenvalue weighted by atomic mass is 10.2. The van der Waals surface area contributed by atoms with Crippen LogP contribution in [0.1, 0.15) is 0 Å². The Kier molecular flexibility index (Phi) is 2.90. The minimum Gasteiger partial charge on any atom is -0.334 e. The average molecular weight is 302 g/mol. The van der Waals surface area contributed by atoms with Crippen LogP contribution in [0.2, 0.25) is 0 Å². The molecule has 0 bridgehead atoms. The van der Waals surface area contributed by atoms with Crippen LogP contribution in [0.3, 0.4) is 0 Å². The maximum Gasteiger partial charge on any atom is 0.259 e. The molecule has 0 aliphatic rings. The van der Waals surface area contributed by atoms with Gasteiger partial charge < -0.3 is 4.52 Å².